The van der Waals surface area contributed by atoms with Crippen LogP contribution in [-0.2, 0) is 18.6 Å². The molecule has 2 aromatic carbocycles. The quantitative estimate of drug-likeness (QED) is 0.307. The Labute approximate surface area is 178 Å². The van der Waals surface area contributed by atoms with Gasteiger partial charge in [-0.3, -0.25) is 9.36 Å². The first-order chi connectivity index (χ1) is 14.2. The van der Waals surface area contributed by atoms with Gasteiger partial charge < -0.3 is 0 Å². The van der Waals surface area contributed by atoms with Crippen LogP contribution < -0.4 is 5.56 Å². The lowest BCUT2D eigenvalue weighted by atomic mass is 9.89. The normalized spacial score (nSPS) is 16.1. The molecule has 0 fully saturated rings. The molecule has 29 heavy (non-hydrogen) atoms. The van der Waals surface area contributed by atoms with Gasteiger partial charge in [-0.2, -0.15) is 0 Å². The average Bonchev–Trinajstić information content (AvgIpc) is 3.11. The minimum atomic E-state index is 0.0726. The van der Waals surface area contributed by atoms with Crippen molar-refractivity contribution in [3.05, 3.63) is 87.0 Å². The van der Waals surface area contributed by atoms with E-state index in [1.807, 2.05) is 53.1 Å². The number of hydrogen-bond donors (Lipinski definition) is 0. The zero-order chi connectivity index (χ0) is 19.8. The van der Waals surface area contributed by atoms with E-state index in [4.69, 9.17) is 4.98 Å². The van der Waals surface area contributed by atoms with E-state index in [0.29, 0.717) is 5.92 Å². The molecule has 0 radical (unpaired) electrons. The fourth-order valence-electron chi connectivity index (χ4n) is 4.00. The Balaban J connectivity index is 1.68. The molecular formula is C24H22N2OS2. The second-order valence-corrected chi connectivity index (χ2v) is 9.70. The predicted octanol–water partition coefficient (Wildman–Crippen LogP) is 5.86. The second kappa shape index (κ2) is 7.81. The zero-order valence-corrected chi connectivity index (χ0v) is 17.9. The first kappa shape index (κ1) is 18.6. The number of nitrogens with zero attached hydrogens (tertiary/aromatic N) is 2. The summed E-state index contributed by atoms with van der Waals surface area (Å²) in [6, 6.07) is 20.2. The van der Waals surface area contributed by atoms with E-state index < -0.39 is 0 Å². The third kappa shape index (κ3) is 3.53. The molecule has 0 N–H and O–H groups in total. The molecule has 0 aliphatic heterocycles. The zero-order valence-electron chi connectivity index (χ0n) is 16.3. The van der Waals surface area contributed by atoms with Crippen LogP contribution in [0.2, 0.25) is 0 Å². The molecule has 0 amide bonds. The van der Waals surface area contributed by atoms with Crippen LogP contribution in [0.25, 0.3) is 15.9 Å². The van der Waals surface area contributed by atoms with Crippen LogP contribution in [0.1, 0.15) is 29.3 Å². The van der Waals surface area contributed by atoms with E-state index in [9.17, 15) is 4.79 Å². The highest BCUT2D eigenvalue weighted by Crippen LogP contribution is 2.37. The predicted molar refractivity (Wildman–Crippen MR) is 122 cm³/mol. The fraction of sp³-hybridized carbons (Fsp3) is 0.250. The molecule has 0 spiro atoms. The second-order valence-electron chi connectivity index (χ2n) is 7.68. The van der Waals surface area contributed by atoms with Crippen molar-refractivity contribution in [3.8, 4) is 5.69 Å². The van der Waals surface area contributed by atoms with Gasteiger partial charge in [0.1, 0.15) is 4.83 Å². The SMILES string of the molecule is C[C@@H]1CCc2sc3nc(SCc4ccccc4)n(-c4ccccc4)c(=O)c3c2C1. The molecule has 3 nitrogen and oxygen atoms in total. The maximum absolute atomic E-state index is 13.7. The van der Waals surface area contributed by atoms with E-state index in [-0.39, 0.29) is 5.56 Å². The van der Waals surface area contributed by atoms with Crippen molar-refractivity contribution in [2.24, 2.45) is 5.92 Å². The number of aryl methyl sites for hydroxylation is 1. The van der Waals surface area contributed by atoms with Crippen LogP contribution in [0, 0.1) is 5.92 Å². The Morgan fingerprint density at radius 2 is 1.83 bits per heavy atom. The lowest BCUT2D eigenvalue weighted by Gasteiger charge is -2.18. The van der Waals surface area contributed by atoms with Crippen LogP contribution in [-0.4, -0.2) is 9.55 Å². The lowest BCUT2D eigenvalue weighted by Crippen LogP contribution is -2.22. The van der Waals surface area contributed by atoms with Gasteiger partial charge in [0.05, 0.1) is 11.1 Å². The maximum atomic E-state index is 13.7. The Morgan fingerprint density at radius 3 is 2.59 bits per heavy atom. The molecule has 5 heteroatoms. The number of hydrogen-bond acceptors (Lipinski definition) is 4. The summed E-state index contributed by atoms with van der Waals surface area (Å²) in [6.07, 6.45) is 3.24. The van der Waals surface area contributed by atoms with Gasteiger partial charge in [-0.05, 0) is 48.4 Å². The Bertz CT molecular complexity index is 1210. The topological polar surface area (TPSA) is 34.9 Å². The average molecular weight is 419 g/mol. The Hall–Kier alpha value is -2.37. The highest BCUT2D eigenvalue weighted by molar-refractivity contribution is 7.98. The summed E-state index contributed by atoms with van der Waals surface area (Å²) in [6.45, 7) is 2.28. The summed E-state index contributed by atoms with van der Waals surface area (Å²) < 4.78 is 1.81. The Kier molecular flexibility index (Phi) is 5.02. The lowest BCUT2D eigenvalue weighted by molar-refractivity contribution is 0.508. The van der Waals surface area contributed by atoms with E-state index >= 15 is 0 Å². The van der Waals surface area contributed by atoms with Crippen LogP contribution in [0.15, 0.2) is 70.6 Å². The van der Waals surface area contributed by atoms with Gasteiger partial charge >= 0.3 is 0 Å². The number of thiophene rings is 1. The van der Waals surface area contributed by atoms with Crippen molar-refractivity contribution in [1.82, 2.24) is 9.55 Å². The van der Waals surface area contributed by atoms with E-state index in [1.54, 1.807) is 23.1 Å². The van der Waals surface area contributed by atoms with E-state index in [1.165, 1.54) is 22.4 Å². The number of rotatable bonds is 4. The van der Waals surface area contributed by atoms with Crippen molar-refractivity contribution in [1.29, 1.82) is 0 Å². The van der Waals surface area contributed by atoms with Gasteiger partial charge in [-0.15, -0.1) is 11.3 Å². The molecule has 2 heterocycles. The van der Waals surface area contributed by atoms with Gasteiger partial charge in [0.2, 0.25) is 0 Å². The van der Waals surface area contributed by atoms with Crippen molar-refractivity contribution < 1.29 is 0 Å². The van der Waals surface area contributed by atoms with Gasteiger partial charge in [-0.1, -0.05) is 67.2 Å². The molecule has 2 aromatic heterocycles. The van der Waals surface area contributed by atoms with Crippen LogP contribution in [0.4, 0.5) is 0 Å². The van der Waals surface area contributed by atoms with E-state index in [2.05, 4.69) is 19.1 Å². The molecule has 1 aliphatic rings. The number of benzene rings is 2. The summed E-state index contributed by atoms with van der Waals surface area (Å²) in [4.78, 5) is 21.0. The van der Waals surface area contributed by atoms with E-state index in [0.717, 1.165) is 39.7 Å². The van der Waals surface area contributed by atoms with Crippen LogP contribution in [0.5, 0.6) is 0 Å². The summed E-state index contributed by atoms with van der Waals surface area (Å²) in [5.74, 6) is 1.41. The summed E-state index contributed by atoms with van der Waals surface area (Å²) in [5, 5.41) is 1.61. The molecule has 5 rings (SSSR count). The molecule has 1 atom stereocenters. The summed E-state index contributed by atoms with van der Waals surface area (Å²) in [5.41, 5.74) is 3.42. The molecule has 146 valence electrons. The number of thioether (sulfide) groups is 1. The third-order valence-corrected chi connectivity index (χ3v) is 7.71. The van der Waals surface area contributed by atoms with Gasteiger partial charge in [0.15, 0.2) is 5.16 Å². The molecule has 0 bridgehead atoms. The number of fused-ring (bicyclic) bond motifs is 3. The van der Waals surface area contributed by atoms with Crippen molar-refractivity contribution in [3.63, 3.8) is 0 Å². The third-order valence-electron chi connectivity index (χ3n) is 5.52. The van der Waals surface area contributed by atoms with Gasteiger partial charge in [0, 0.05) is 10.6 Å². The molecule has 0 unspecified atom stereocenters. The first-order valence-electron chi connectivity index (χ1n) is 10.00. The number of para-hydroxylation sites is 1. The largest absolute Gasteiger partial charge is 0.268 e. The molecular weight excluding hydrogens is 396 g/mol. The monoisotopic (exact) mass is 418 g/mol. The van der Waals surface area contributed by atoms with Gasteiger partial charge in [0.25, 0.3) is 5.56 Å². The minimum absolute atomic E-state index is 0.0726. The van der Waals surface area contributed by atoms with Crippen LogP contribution in [0.3, 0.4) is 0 Å². The van der Waals surface area contributed by atoms with Crippen LogP contribution >= 0.6 is 23.1 Å². The number of aromatic nitrogens is 2. The fourth-order valence-corrected chi connectivity index (χ4v) is 6.23. The maximum Gasteiger partial charge on any atom is 0.267 e. The molecule has 4 aromatic rings. The molecule has 0 saturated heterocycles. The van der Waals surface area contributed by atoms with Crippen molar-refractivity contribution >= 4 is 33.3 Å². The summed E-state index contributed by atoms with van der Waals surface area (Å²) >= 11 is 3.35. The molecule has 0 saturated carbocycles. The Morgan fingerprint density at radius 1 is 1.10 bits per heavy atom. The highest BCUT2D eigenvalue weighted by Gasteiger charge is 2.25. The van der Waals surface area contributed by atoms with Crippen molar-refractivity contribution in [2.75, 3.05) is 0 Å². The smallest absolute Gasteiger partial charge is 0.267 e. The standard InChI is InChI=1S/C24H22N2OS2/c1-16-12-13-20-19(14-16)21-22(29-20)25-24(28-15-17-8-4-2-5-9-17)26(23(21)27)18-10-6-3-7-11-18/h2-11,16H,12-15H2,1H3/t16-/m1/s1. The van der Waals surface area contributed by atoms with Gasteiger partial charge in [-0.25, -0.2) is 4.98 Å². The minimum Gasteiger partial charge on any atom is -0.268 e. The molecule has 1 aliphatic carbocycles. The van der Waals surface area contributed by atoms with Crippen molar-refractivity contribution in [2.45, 2.75) is 37.1 Å². The summed E-state index contributed by atoms with van der Waals surface area (Å²) in [7, 11) is 0. The highest BCUT2D eigenvalue weighted by atomic mass is 32.2. The first-order valence-corrected chi connectivity index (χ1v) is 11.8.